The molecule has 2 N–H and O–H groups in total. The van der Waals surface area contributed by atoms with Gasteiger partial charge in [-0.3, -0.25) is 14.4 Å². The average Bonchev–Trinajstić information content (AvgIpc) is 3.51. The lowest BCUT2D eigenvalue weighted by Crippen LogP contribution is -2.46. The number of carbonyl (C=O) groups excluding carboxylic acids is 3. The number of ether oxygens (including phenoxy) is 1. The van der Waals surface area contributed by atoms with E-state index in [-0.39, 0.29) is 30.8 Å². The predicted molar refractivity (Wildman–Crippen MR) is 128 cm³/mol. The maximum absolute atomic E-state index is 14.1. The molecule has 5 rings (SSSR count). The second-order valence-electron chi connectivity index (χ2n) is 9.41. The number of thiophene rings is 1. The van der Waals surface area contributed by atoms with E-state index in [9.17, 15) is 14.4 Å². The van der Waals surface area contributed by atoms with Crippen molar-refractivity contribution in [2.75, 3.05) is 13.2 Å². The van der Waals surface area contributed by atoms with Crippen molar-refractivity contribution in [2.24, 2.45) is 11.7 Å². The Hall–Kier alpha value is -2.36. The van der Waals surface area contributed by atoms with Crippen LogP contribution in [0.25, 0.3) is 10.4 Å². The highest BCUT2D eigenvalue weighted by Gasteiger charge is 2.53. The number of nitrogens with zero attached hydrogens (tertiary/aromatic N) is 3. The number of primary amides is 1. The molecule has 4 atom stereocenters. The lowest BCUT2D eigenvalue weighted by molar-refractivity contribution is -0.139. The molecule has 10 heteroatoms. The van der Waals surface area contributed by atoms with Crippen molar-refractivity contribution < 1.29 is 19.1 Å². The van der Waals surface area contributed by atoms with Gasteiger partial charge < -0.3 is 15.4 Å². The molecule has 0 bridgehead atoms. The fraction of sp³-hybridized carbons (Fsp3) is 0.542. The first-order valence-electron chi connectivity index (χ1n) is 11.7. The SMILES string of the molecule is Cc1cc(-c2cc([C@@H](C(=O)N3C[C@H](Cl)[C@H]4OCC(=O)[C@H]43)C3CCCCC3)c(C(N)=O)s2)cnn1. The third-order valence-corrected chi connectivity index (χ3v) is 8.77. The van der Waals surface area contributed by atoms with Gasteiger partial charge in [-0.05, 0) is 43.4 Å². The van der Waals surface area contributed by atoms with Crippen molar-refractivity contribution in [3.05, 3.63) is 34.5 Å². The molecule has 0 radical (unpaired) electrons. The number of amides is 2. The summed E-state index contributed by atoms with van der Waals surface area (Å²) in [5.41, 5.74) is 8.02. The number of rotatable bonds is 5. The van der Waals surface area contributed by atoms with E-state index < -0.39 is 29.3 Å². The molecule has 3 fully saturated rings. The van der Waals surface area contributed by atoms with E-state index in [1.54, 1.807) is 11.1 Å². The Bertz CT molecular complexity index is 1130. The largest absolute Gasteiger partial charge is 0.366 e. The first kappa shape index (κ1) is 23.4. The smallest absolute Gasteiger partial charge is 0.259 e. The second kappa shape index (κ2) is 9.36. The number of likely N-dealkylation sites (tertiary alicyclic amines) is 1. The van der Waals surface area contributed by atoms with Crippen molar-refractivity contribution in [3.8, 4) is 10.4 Å². The molecule has 34 heavy (non-hydrogen) atoms. The molecule has 2 saturated heterocycles. The molecular weight excluding hydrogens is 476 g/mol. The van der Waals surface area contributed by atoms with Crippen LogP contribution >= 0.6 is 22.9 Å². The lowest BCUT2D eigenvalue weighted by Gasteiger charge is -2.34. The predicted octanol–water partition coefficient (Wildman–Crippen LogP) is 3.06. The Balaban J connectivity index is 1.58. The summed E-state index contributed by atoms with van der Waals surface area (Å²) in [7, 11) is 0. The number of ketones is 1. The van der Waals surface area contributed by atoms with E-state index in [1.165, 1.54) is 11.3 Å². The van der Waals surface area contributed by atoms with E-state index in [0.29, 0.717) is 10.4 Å². The van der Waals surface area contributed by atoms with E-state index in [0.717, 1.165) is 48.2 Å². The fourth-order valence-corrected chi connectivity index (χ4v) is 7.04. The van der Waals surface area contributed by atoms with Crippen LogP contribution in [0.2, 0.25) is 0 Å². The minimum absolute atomic E-state index is 0.0278. The zero-order valence-corrected chi connectivity index (χ0v) is 20.5. The Labute approximate surface area is 206 Å². The van der Waals surface area contributed by atoms with E-state index >= 15 is 0 Å². The maximum atomic E-state index is 14.1. The van der Waals surface area contributed by atoms with Gasteiger partial charge in [-0.15, -0.1) is 22.9 Å². The molecule has 2 aliphatic heterocycles. The Morgan fingerprint density at radius 1 is 1.26 bits per heavy atom. The molecule has 0 aromatic carbocycles. The minimum Gasteiger partial charge on any atom is -0.366 e. The average molecular weight is 503 g/mol. The monoisotopic (exact) mass is 502 g/mol. The van der Waals surface area contributed by atoms with E-state index in [4.69, 9.17) is 22.1 Å². The summed E-state index contributed by atoms with van der Waals surface area (Å²) in [6, 6.07) is 3.13. The van der Waals surface area contributed by atoms with Crippen LogP contribution in [0.5, 0.6) is 0 Å². The van der Waals surface area contributed by atoms with Gasteiger partial charge in [0.15, 0.2) is 5.78 Å². The fourth-order valence-electron chi connectivity index (χ4n) is 5.64. The maximum Gasteiger partial charge on any atom is 0.259 e. The molecule has 180 valence electrons. The topological polar surface area (TPSA) is 115 Å². The molecule has 4 heterocycles. The van der Waals surface area contributed by atoms with Crippen molar-refractivity contribution >= 4 is 40.5 Å². The van der Waals surface area contributed by atoms with Gasteiger partial charge in [0.05, 0.1) is 28.1 Å². The van der Waals surface area contributed by atoms with Crippen molar-refractivity contribution in [3.63, 3.8) is 0 Å². The summed E-state index contributed by atoms with van der Waals surface area (Å²) < 4.78 is 5.59. The Kier molecular flexibility index (Phi) is 6.43. The van der Waals surface area contributed by atoms with Crippen LogP contribution in [0.1, 0.15) is 59.0 Å². The van der Waals surface area contributed by atoms with Crippen LogP contribution in [0.3, 0.4) is 0 Å². The normalized spacial score (nSPS) is 26.0. The van der Waals surface area contributed by atoms with E-state index in [1.807, 2.05) is 19.1 Å². The summed E-state index contributed by atoms with van der Waals surface area (Å²) >= 11 is 7.75. The number of aromatic nitrogens is 2. The molecule has 1 saturated carbocycles. The summed E-state index contributed by atoms with van der Waals surface area (Å²) in [4.78, 5) is 42.0. The van der Waals surface area contributed by atoms with Gasteiger partial charge in [0, 0.05) is 17.0 Å². The summed E-state index contributed by atoms with van der Waals surface area (Å²) in [6.07, 6.45) is 6.10. The van der Waals surface area contributed by atoms with Gasteiger partial charge in [0.25, 0.3) is 5.91 Å². The highest BCUT2D eigenvalue weighted by molar-refractivity contribution is 7.17. The quantitative estimate of drug-likeness (QED) is 0.628. The third-order valence-electron chi connectivity index (χ3n) is 7.17. The molecule has 0 spiro atoms. The molecule has 2 aromatic heterocycles. The standard InChI is InChI=1S/C24H27ClN4O4S/c1-12-7-14(9-27-28-12)18-8-15(22(34-18)23(26)31)19(13-5-3-2-4-6-13)24(32)29-10-16(25)21-20(29)17(30)11-33-21/h7-9,13,16,19-21H,2-6,10-11H2,1H3,(H2,26,31)/t16-,19-,20+,21+/m0/s1. The second-order valence-corrected chi connectivity index (χ2v) is 11.0. The molecule has 3 aliphatic rings. The number of Topliss-reactive ketones (excluding diaryl/α,β-unsaturated/α-hetero) is 1. The number of alkyl halides is 1. The summed E-state index contributed by atoms with van der Waals surface area (Å²) in [5.74, 6) is -1.36. The van der Waals surface area contributed by atoms with Crippen molar-refractivity contribution in [2.45, 2.75) is 62.5 Å². The lowest BCUT2D eigenvalue weighted by atomic mass is 9.75. The van der Waals surface area contributed by atoms with Crippen LogP contribution in [-0.2, 0) is 14.3 Å². The number of carbonyl (C=O) groups is 3. The number of halogens is 1. The van der Waals surface area contributed by atoms with Gasteiger partial charge in [0.2, 0.25) is 5.91 Å². The highest BCUT2D eigenvalue weighted by atomic mass is 35.5. The first-order valence-corrected chi connectivity index (χ1v) is 12.9. The Morgan fingerprint density at radius 3 is 2.74 bits per heavy atom. The van der Waals surface area contributed by atoms with Crippen LogP contribution in [0.4, 0.5) is 0 Å². The minimum atomic E-state index is -0.664. The van der Waals surface area contributed by atoms with Crippen LogP contribution < -0.4 is 5.73 Å². The zero-order valence-electron chi connectivity index (χ0n) is 18.9. The molecule has 8 nitrogen and oxygen atoms in total. The molecule has 1 aliphatic carbocycles. The van der Waals surface area contributed by atoms with Crippen LogP contribution in [0.15, 0.2) is 18.3 Å². The highest BCUT2D eigenvalue weighted by Crippen LogP contribution is 2.44. The number of nitrogens with two attached hydrogens (primary N) is 1. The molecule has 2 aromatic rings. The number of hydrogen-bond donors (Lipinski definition) is 1. The van der Waals surface area contributed by atoms with Gasteiger partial charge in [-0.2, -0.15) is 10.2 Å². The van der Waals surface area contributed by atoms with E-state index in [2.05, 4.69) is 10.2 Å². The van der Waals surface area contributed by atoms with Crippen molar-refractivity contribution in [1.82, 2.24) is 15.1 Å². The van der Waals surface area contributed by atoms with Crippen LogP contribution in [-0.4, -0.2) is 63.4 Å². The summed E-state index contributed by atoms with van der Waals surface area (Å²) in [6.45, 7) is 2.07. The van der Waals surface area contributed by atoms with Crippen LogP contribution in [0, 0.1) is 12.8 Å². The molecular formula is C24H27ClN4O4S. The first-order chi connectivity index (χ1) is 16.3. The van der Waals surface area contributed by atoms with Gasteiger partial charge in [0.1, 0.15) is 18.8 Å². The number of hydrogen-bond acceptors (Lipinski definition) is 7. The number of aryl methyl sites for hydroxylation is 1. The Morgan fingerprint density at radius 2 is 2.03 bits per heavy atom. The van der Waals surface area contributed by atoms with Gasteiger partial charge in [-0.1, -0.05) is 19.3 Å². The molecule has 2 amide bonds. The van der Waals surface area contributed by atoms with Crippen molar-refractivity contribution in [1.29, 1.82) is 0 Å². The van der Waals surface area contributed by atoms with Gasteiger partial charge in [-0.25, -0.2) is 0 Å². The summed E-state index contributed by atoms with van der Waals surface area (Å²) in [5, 5.41) is 7.60. The van der Waals surface area contributed by atoms with Gasteiger partial charge >= 0.3 is 0 Å². The third kappa shape index (κ3) is 4.14. The molecule has 0 unspecified atom stereocenters. The zero-order chi connectivity index (χ0) is 24.0. The number of fused-ring (bicyclic) bond motifs is 1.